The average molecular weight is 413 g/mol. The van der Waals surface area contributed by atoms with Gasteiger partial charge in [-0.15, -0.1) is 23.6 Å². The summed E-state index contributed by atoms with van der Waals surface area (Å²) >= 11 is 12.1. The zero-order chi connectivity index (χ0) is 15.7. The van der Waals surface area contributed by atoms with E-state index in [2.05, 4.69) is 6.58 Å². The van der Waals surface area contributed by atoms with Crippen LogP contribution in [0.15, 0.2) is 55.1 Å². The highest BCUT2D eigenvalue weighted by Crippen LogP contribution is 2.23. The third-order valence-electron chi connectivity index (χ3n) is 3.61. The minimum Gasteiger partial charge on any atom is -0.307 e. The predicted octanol–water partition coefficient (Wildman–Crippen LogP) is 5.04. The summed E-state index contributed by atoms with van der Waals surface area (Å²) in [5.74, 6) is 0. The molecule has 6 heteroatoms. The van der Waals surface area contributed by atoms with Crippen LogP contribution in [0.1, 0.15) is 5.56 Å². The molecule has 1 N–H and O–H groups in total. The summed E-state index contributed by atoms with van der Waals surface area (Å²) in [5.41, 5.74) is 3.48. The highest BCUT2D eigenvalue weighted by atomic mass is 79.9. The van der Waals surface area contributed by atoms with E-state index >= 15 is 0 Å². The number of benzene rings is 2. The molecule has 1 aromatic heterocycles. The van der Waals surface area contributed by atoms with E-state index in [4.69, 9.17) is 28.6 Å². The van der Waals surface area contributed by atoms with E-state index in [1.54, 1.807) is 12.1 Å². The first-order valence-electron chi connectivity index (χ1n) is 6.89. The van der Waals surface area contributed by atoms with E-state index in [1.807, 2.05) is 45.5 Å². The van der Waals surface area contributed by atoms with Gasteiger partial charge in [0.25, 0.3) is 0 Å². The van der Waals surface area contributed by atoms with Crippen molar-refractivity contribution in [1.82, 2.24) is 9.13 Å². The number of aromatic nitrogens is 2. The molecule has 120 valence electrons. The summed E-state index contributed by atoms with van der Waals surface area (Å²) in [6.45, 7) is 4.95. The summed E-state index contributed by atoms with van der Waals surface area (Å²) in [4.78, 5) is 0. The number of allylic oxidation sites excluding steroid dienone is 1. The molecule has 2 aromatic carbocycles. The molecule has 0 fully saturated rings. The van der Waals surface area contributed by atoms with Gasteiger partial charge in [-0.25, -0.2) is 0 Å². The second-order valence-corrected chi connectivity index (χ2v) is 5.86. The Morgan fingerprint density at radius 2 is 1.65 bits per heavy atom. The average Bonchev–Trinajstić information content (AvgIpc) is 2.77. The number of rotatable bonds is 4. The number of nitrogens with zero attached hydrogens (tertiary/aromatic N) is 2. The fraction of sp³-hybridized carbons (Fsp3) is 0.118. The van der Waals surface area contributed by atoms with E-state index in [9.17, 15) is 0 Å². The fourth-order valence-electron chi connectivity index (χ4n) is 2.59. The highest BCUT2D eigenvalue weighted by Gasteiger charge is 2.10. The lowest BCUT2D eigenvalue weighted by Gasteiger charge is -2.06. The van der Waals surface area contributed by atoms with E-state index in [0.29, 0.717) is 28.8 Å². The van der Waals surface area contributed by atoms with Crippen molar-refractivity contribution in [2.75, 3.05) is 0 Å². The van der Waals surface area contributed by atoms with E-state index in [-0.39, 0.29) is 17.0 Å². The maximum Gasteiger partial charge on any atom is 0.203 e. The zero-order valence-corrected chi connectivity index (χ0v) is 15.5. The Hall–Kier alpha value is -1.49. The molecule has 0 aliphatic carbocycles. The summed E-state index contributed by atoms with van der Waals surface area (Å²) in [6.07, 6.45) is 1.80. The predicted molar refractivity (Wildman–Crippen MR) is 102 cm³/mol. The monoisotopic (exact) mass is 411 g/mol. The van der Waals surface area contributed by atoms with Crippen LogP contribution in [-0.4, -0.2) is 9.13 Å². The van der Waals surface area contributed by atoms with Crippen molar-refractivity contribution < 1.29 is 0 Å². The molecule has 0 aliphatic heterocycles. The number of hydrogen-bond donors (Lipinski definition) is 1. The quantitative estimate of drug-likeness (QED) is 0.582. The van der Waals surface area contributed by atoms with Gasteiger partial charge >= 0.3 is 0 Å². The van der Waals surface area contributed by atoms with Crippen LogP contribution in [0.2, 0.25) is 10.0 Å². The van der Waals surface area contributed by atoms with Gasteiger partial charge in [-0.3, -0.25) is 5.41 Å². The number of fused-ring (bicyclic) bond motifs is 1. The topological polar surface area (TPSA) is 33.7 Å². The van der Waals surface area contributed by atoms with Crippen molar-refractivity contribution >= 4 is 51.2 Å². The van der Waals surface area contributed by atoms with Crippen LogP contribution in [0.5, 0.6) is 0 Å². The summed E-state index contributed by atoms with van der Waals surface area (Å²) in [5, 5.41) is 9.51. The number of halogens is 3. The van der Waals surface area contributed by atoms with Crippen molar-refractivity contribution in [3.05, 3.63) is 76.3 Å². The van der Waals surface area contributed by atoms with Crippen LogP contribution in [0.3, 0.4) is 0 Å². The Morgan fingerprint density at radius 1 is 1.00 bits per heavy atom. The van der Waals surface area contributed by atoms with Gasteiger partial charge in [0.1, 0.15) is 0 Å². The number of imidazole rings is 1. The summed E-state index contributed by atoms with van der Waals surface area (Å²) in [6, 6.07) is 13.5. The van der Waals surface area contributed by atoms with Gasteiger partial charge in [0.2, 0.25) is 5.62 Å². The van der Waals surface area contributed by atoms with E-state index in [1.165, 1.54) is 0 Å². The van der Waals surface area contributed by atoms with Crippen molar-refractivity contribution in [2.45, 2.75) is 13.1 Å². The summed E-state index contributed by atoms with van der Waals surface area (Å²) in [7, 11) is 0. The molecule has 3 rings (SSSR count). The Bertz CT molecular complexity index is 912. The number of hydrogen-bond acceptors (Lipinski definition) is 1. The molecule has 1 heterocycles. The van der Waals surface area contributed by atoms with Gasteiger partial charge in [-0.05, 0) is 29.8 Å². The maximum absolute atomic E-state index is 8.44. The van der Waals surface area contributed by atoms with Crippen LogP contribution in [0.4, 0.5) is 0 Å². The molecule has 0 atom stereocenters. The molecule has 0 saturated heterocycles. The number of nitrogens with one attached hydrogen (secondary N) is 1. The molecule has 0 aliphatic rings. The molecule has 0 bridgehead atoms. The summed E-state index contributed by atoms with van der Waals surface area (Å²) < 4.78 is 3.89. The fourth-order valence-corrected chi connectivity index (χ4v) is 2.91. The Labute approximate surface area is 155 Å². The van der Waals surface area contributed by atoms with Gasteiger partial charge in [0, 0.05) is 6.54 Å². The van der Waals surface area contributed by atoms with Crippen LogP contribution in [0.25, 0.3) is 11.0 Å². The molecule has 0 saturated carbocycles. The van der Waals surface area contributed by atoms with Crippen LogP contribution < -0.4 is 5.62 Å². The molecule has 0 radical (unpaired) electrons. The Kier molecular flexibility index (Phi) is 5.74. The van der Waals surface area contributed by atoms with Crippen molar-refractivity contribution in [3.8, 4) is 0 Å². The van der Waals surface area contributed by atoms with Gasteiger partial charge in [0.05, 0.1) is 27.6 Å². The third-order valence-corrected chi connectivity index (χ3v) is 4.35. The molecule has 0 unspecified atom stereocenters. The van der Waals surface area contributed by atoms with Gasteiger partial charge in [-0.1, -0.05) is 47.5 Å². The first-order valence-corrected chi connectivity index (χ1v) is 7.65. The standard InChI is InChI=1S/C17H15Cl2N3.BrH/c1-2-9-21-15-5-3-4-6-16(15)22(17(21)20)11-12-7-8-13(18)14(19)10-12;/h2-8,10,20H,1,9,11H2;1H. The second-order valence-electron chi connectivity index (χ2n) is 5.05. The minimum atomic E-state index is 0. The minimum absolute atomic E-state index is 0. The lowest BCUT2D eigenvalue weighted by Crippen LogP contribution is -2.24. The van der Waals surface area contributed by atoms with Crippen LogP contribution >= 0.6 is 40.2 Å². The largest absolute Gasteiger partial charge is 0.307 e. The molecular formula is C17H16BrCl2N3. The van der Waals surface area contributed by atoms with Gasteiger partial charge in [-0.2, -0.15) is 0 Å². The lowest BCUT2D eigenvalue weighted by atomic mass is 10.2. The zero-order valence-electron chi connectivity index (χ0n) is 12.3. The molecule has 23 heavy (non-hydrogen) atoms. The molecule has 3 nitrogen and oxygen atoms in total. The first kappa shape index (κ1) is 17.9. The molecule has 0 amide bonds. The first-order chi connectivity index (χ1) is 10.6. The SMILES string of the molecule is Br.C=CCn1c(=N)n(Cc2ccc(Cl)c(Cl)c2)c2ccccc21. The van der Waals surface area contributed by atoms with E-state index < -0.39 is 0 Å². The lowest BCUT2D eigenvalue weighted by molar-refractivity contribution is 0.671. The third kappa shape index (κ3) is 3.39. The van der Waals surface area contributed by atoms with Crippen LogP contribution in [0, 0.1) is 5.41 Å². The smallest absolute Gasteiger partial charge is 0.203 e. The van der Waals surface area contributed by atoms with Crippen molar-refractivity contribution in [1.29, 1.82) is 5.41 Å². The maximum atomic E-state index is 8.44. The molecular weight excluding hydrogens is 397 g/mol. The Morgan fingerprint density at radius 3 is 2.26 bits per heavy atom. The Balaban J connectivity index is 0.00000192. The molecule has 3 aromatic rings. The number of para-hydroxylation sites is 2. The van der Waals surface area contributed by atoms with Crippen molar-refractivity contribution in [3.63, 3.8) is 0 Å². The van der Waals surface area contributed by atoms with E-state index in [0.717, 1.165) is 16.6 Å². The van der Waals surface area contributed by atoms with Gasteiger partial charge in [0.15, 0.2) is 0 Å². The van der Waals surface area contributed by atoms with Crippen LogP contribution in [-0.2, 0) is 13.1 Å². The molecule has 0 spiro atoms. The normalized spacial score (nSPS) is 10.5. The second kappa shape index (κ2) is 7.39. The van der Waals surface area contributed by atoms with Crippen molar-refractivity contribution in [2.24, 2.45) is 0 Å². The highest BCUT2D eigenvalue weighted by molar-refractivity contribution is 8.93. The van der Waals surface area contributed by atoms with Gasteiger partial charge < -0.3 is 9.13 Å².